The molecule has 8 nitrogen and oxygen atoms in total. The van der Waals surface area contributed by atoms with Crippen molar-refractivity contribution < 1.29 is 13.2 Å². The SMILES string of the molecule is Cc1ccc(C(=O)NC2CCS(=O)(=O)C2)cc1-n1nnc2cccnc21. The van der Waals surface area contributed by atoms with E-state index >= 15 is 0 Å². The molecule has 1 atom stereocenters. The van der Waals surface area contributed by atoms with Gasteiger partial charge in [-0.3, -0.25) is 4.79 Å². The summed E-state index contributed by atoms with van der Waals surface area (Å²) in [4.78, 5) is 16.8. The molecule has 0 bridgehead atoms. The van der Waals surface area contributed by atoms with Gasteiger partial charge in [0.1, 0.15) is 5.52 Å². The first-order valence-electron chi connectivity index (χ1n) is 8.22. The summed E-state index contributed by atoms with van der Waals surface area (Å²) in [6.07, 6.45) is 2.11. The van der Waals surface area contributed by atoms with Gasteiger partial charge in [0.25, 0.3) is 5.91 Å². The van der Waals surface area contributed by atoms with E-state index in [1.165, 1.54) is 0 Å². The molecule has 134 valence electrons. The molecule has 1 unspecified atom stereocenters. The second kappa shape index (κ2) is 6.17. The minimum absolute atomic E-state index is 0.00487. The van der Waals surface area contributed by atoms with Crippen LogP contribution in [0.25, 0.3) is 16.9 Å². The molecule has 1 N–H and O–H groups in total. The Balaban J connectivity index is 1.65. The number of pyridine rings is 1. The number of carbonyl (C=O) groups is 1. The van der Waals surface area contributed by atoms with Gasteiger partial charge in [-0.25, -0.2) is 13.4 Å². The van der Waals surface area contributed by atoms with Crippen LogP contribution in [-0.4, -0.2) is 51.9 Å². The van der Waals surface area contributed by atoms with Gasteiger partial charge in [-0.05, 0) is 43.2 Å². The summed E-state index contributed by atoms with van der Waals surface area (Å²) < 4.78 is 24.7. The molecular weight excluding hydrogens is 354 g/mol. The minimum atomic E-state index is -3.04. The van der Waals surface area contributed by atoms with E-state index in [4.69, 9.17) is 0 Å². The molecule has 1 amide bonds. The summed E-state index contributed by atoms with van der Waals surface area (Å²) in [5.41, 5.74) is 3.34. The van der Waals surface area contributed by atoms with Gasteiger partial charge >= 0.3 is 0 Å². The highest BCUT2D eigenvalue weighted by Crippen LogP contribution is 2.20. The van der Waals surface area contributed by atoms with E-state index in [9.17, 15) is 13.2 Å². The lowest BCUT2D eigenvalue weighted by Crippen LogP contribution is -2.35. The number of aromatic nitrogens is 4. The lowest BCUT2D eigenvalue weighted by atomic mass is 10.1. The van der Waals surface area contributed by atoms with Crippen molar-refractivity contribution in [3.8, 4) is 5.69 Å². The number of amides is 1. The van der Waals surface area contributed by atoms with Gasteiger partial charge in [-0.1, -0.05) is 11.3 Å². The molecule has 1 saturated heterocycles. The van der Waals surface area contributed by atoms with Gasteiger partial charge in [0, 0.05) is 17.8 Å². The summed E-state index contributed by atoms with van der Waals surface area (Å²) in [6, 6.07) is 8.52. The van der Waals surface area contributed by atoms with E-state index in [1.54, 1.807) is 29.1 Å². The van der Waals surface area contributed by atoms with Crippen LogP contribution in [0.1, 0.15) is 22.3 Å². The summed E-state index contributed by atoms with van der Waals surface area (Å²) in [6.45, 7) is 1.91. The number of sulfone groups is 1. The van der Waals surface area contributed by atoms with Crippen LogP contribution in [0.4, 0.5) is 0 Å². The highest BCUT2D eigenvalue weighted by atomic mass is 32.2. The molecule has 0 aliphatic carbocycles. The van der Waals surface area contributed by atoms with Crippen molar-refractivity contribution in [3.63, 3.8) is 0 Å². The monoisotopic (exact) mass is 371 g/mol. The van der Waals surface area contributed by atoms with Gasteiger partial charge in [0.15, 0.2) is 15.5 Å². The molecule has 2 aromatic heterocycles. The third-order valence-corrected chi connectivity index (χ3v) is 6.24. The van der Waals surface area contributed by atoms with E-state index in [-0.39, 0.29) is 23.5 Å². The van der Waals surface area contributed by atoms with E-state index in [2.05, 4.69) is 20.6 Å². The molecule has 0 radical (unpaired) electrons. The number of fused-ring (bicyclic) bond motifs is 1. The second-order valence-corrected chi connectivity index (χ2v) is 8.65. The van der Waals surface area contributed by atoms with E-state index in [0.29, 0.717) is 28.8 Å². The number of hydrogen-bond acceptors (Lipinski definition) is 6. The Morgan fingerprint density at radius 2 is 2.15 bits per heavy atom. The molecule has 26 heavy (non-hydrogen) atoms. The number of rotatable bonds is 3. The van der Waals surface area contributed by atoms with Crippen LogP contribution in [0, 0.1) is 6.92 Å². The maximum absolute atomic E-state index is 12.5. The van der Waals surface area contributed by atoms with Crippen molar-refractivity contribution in [2.75, 3.05) is 11.5 Å². The standard InChI is InChI=1S/C17H17N5O3S/c1-11-4-5-12(17(23)19-13-6-8-26(24,25)10-13)9-15(11)22-16-14(20-21-22)3-2-7-18-16/h2-5,7,9,13H,6,8,10H2,1H3,(H,19,23). The molecule has 1 aliphatic heterocycles. The maximum Gasteiger partial charge on any atom is 0.251 e. The zero-order chi connectivity index (χ0) is 18.3. The third kappa shape index (κ3) is 3.05. The number of nitrogens with one attached hydrogen (secondary N) is 1. The Hall–Kier alpha value is -2.81. The third-order valence-electron chi connectivity index (χ3n) is 4.48. The van der Waals surface area contributed by atoms with Gasteiger partial charge < -0.3 is 5.32 Å². The molecule has 0 saturated carbocycles. The van der Waals surface area contributed by atoms with Gasteiger partial charge in [-0.15, -0.1) is 5.10 Å². The average molecular weight is 371 g/mol. The fraction of sp³-hybridized carbons (Fsp3) is 0.294. The van der Waals surface area contributed by atoms with Crippen molar-refractivity contribution >= 4 is 26.9 Å². The number of benzene rings is 1. The van der Waals surface area contributed by atoms with Crippen LogP contribution in [0.15, 0.2) is 36.5 Å². The topological polar surface area (TPSA) is 107 Å². The van der Waals surface area contributed by atoms with Crippen LogP contribution in [0.3, 0.4) is 0 Å². The number of carbonyl (C=O) groups excluding carboxylic acids is 1. The molecular formula is C17H17N5O3S. The molecule has 4 rings (SSSR count). The Bertz CT molecular complexity index is 1110. The first kappa shape index (κ1) is 16.6. The zero-order valence-corrected chi connectivity index (χ0v) is 14.9. The van der Waals surface area contributed by atoms with E-state index in [0.717, 1.165) is 5.56 Å². The smallest absolute Gasteiger partial charge is 0.251 e. The van der Waals surface area contributed by atoms with Crippen molar-refractivity contribution in [1.82, 2.24) is 25.3 Å². The fourth-order valence-electron chi connectivity index (χ4n) is 3.08. The number of aryl methyl sites for hydroxylation is 1. The largest absolute Gasteiger partial charge is 0.348 e. The predicted octanol–water partition coefficient (Wildman–Crippen LogP) is 1.04. The Labute approximate surface area is 150 Å². The van der Waals surface area contributed by atoms with Gasteiger partial charge in [-0.2, -0.15) is 4.68 Å². The highest BCUT2D eigenvalue weighted by Gasteiger charge is 2.29. The van der Waals surface area contributed by atoms with Crippen LogP contribution in [0.5, 0.6) is 0 Å². The maximum atomic E-state index is 12.5. The number of hydrogen-bond donors (Lipinski definition) is 1. The number of nitrogens with zero attached hydrogens (tertiary/aromatic N) is 4. The van der Waals surface area contributed by atoms with Gasteiger partial charge in [0.2, 0.25) is 0 Å². The minimum Gasteiger partial charge on any atom is -0.348 e. The summed E-state index contributed by atoms with van der Waals surface area (Å²) in [5, 5.41) is 11.0. The molecule has 9 heteroatoms. The lowest BCUT2D eigenvalue weighted by molar-refractivity contribution is 0.0941. The molecule has 3 heterocycles. The first-order chi connectivity index (χ1) is 12.4. The lowest BCUT2D eigenvalue weighted by Gasteiger charge is -2.13. The van der Waals surface area contributed by atoms with E-state index in [1.807, 2.05) is 19.1 Å². The molecule has 1 aliphatic rings. The second-order valence-electron chi connectivity index (χ2n) is 6.42. The fourth-order valence-corrected chi connectivity index (χ4v) is 4.76. The summed E-state index contributed by atoms with van der Waals surface area (Å²) in [7, 11) is -3.04. The van der Waals surface area contributed by atoms with Crippen LogP contribution in [-0.2, 0) is 9.84 Å². The first-order valence-corrected chi connectivity index (χ1v) is 10.0. The quantitative estimate of drug-likeness (QED) is 0.737. The Morgan fingerprint density at radius 3 is 2.92 bits per heavy atom. The van der Waals surface area contributed by atoms with Crippen molar-refractivity contribution in [2.24, 2.45) is 0 Å². The highest BCUT2D eigenvalue weighted by molar-refractivity contribution is 7.91. The molecule has 1 aromatic carbocycles. The van der Waals surface area contributed by atoms with Crippen molar-refractivity contribution in [2.45, 2.75) is 19.4 Å². The Kier molecular flexibility index (Phi) is 3.95. The summed E-state index contributed by atoms with van der Waals surface area (Å²) >= 11 is 0. The van der Waals surface area contributed by atoms with Crippen molar-refractivity contribution in [1.29, 1.82) is 0 Å². The van der Waals surface area contributed by atoms with Crippen LogP contribution in [0.2, 0.25) is 0 Å². The predicted molar refractivity (Wildman–Crippen MR) is 95.9 cm³/mol. The van der Waals surface area contributed by atoms with Crippen LogP contribution >= 0.6 is 0 Å². The molecule has 3 aromatic rings. The normalized spacial score (nSPS) is 18.9. The Morgan fingerprint density at radius 1 is 1.31 bits per heavy atom. The average Bonchev–Trinajstić information content (AvgIpc) is 3.18. The van der Waals surface area contributed by atoms with E-state index < -0.39 is 9.84 Å². The molecule has 1 fully saturated rings. The van der Waals surface area contributed by atoms with Crippen molar-refractivity contribution in [3.05, 3.63) is 47.7 Å². The zero-order valence-electron chi connectivity index (χ0n) is 14.1. The summed E-state index contributed by atoms with van der Waals surface area (Å²) in [5.74, 6) is -0.186. The molecule has 0 spiro atoms. The van der Waals surface area contributed by atoms with Crippen LogP contribution < -0.4 is 5.32 Å². The van der Waals surface area contributed by atoms with Gasteiger partial charge in [0.05, 0.1) is 17.2 Å².